The van der Waals surface area contributed by atoms with Crippen molar-refractivity contribution in [3.8, 4) is 0 Å². The van der Waals surface area contributed by atoms with Gasteiger partial charge in [0, 0.05) is 10.9 Å². The number of rotatable bonds is 3. The van der Waals surface area contributed by atoms with Gasteiger partial charge in [0.2, 0.25) is 5.91 Å². The van der Waals surface area contributed by atoms with Crippen LogP contribution in [0, 0.1) is 11.3 Å². The highest BCUT2D eigenvalue weighted by Crippen LogP contribution is 2.49. The molecule has 3 rings (SSSR count). The monoisotopic (exact) mass is 363 g/mol. The molecule has 0 aromatic heterocycles. The molecule has 0 aliphatic heterocycles. The summed E-state index contributed by atoms with van der Waals surface area (Å²) in [6, 6.07) is 4.88. The third-order valence-corrected chi connectivity index (χ3v) is 6.10. The second-order valence-electron chi connectivity index (χ2n) is 7.52. The maximum atomic E-state index is 12.8. The molecule has 1 aromatic carbocycles. The summed E-state index contributed by atoms with van der Waals surface area (Å²) in [5.74, 6) is -0.463. The summed E-state index contributed by atoms with van der Waals surface area (Å²) in [7, 11) is 1.32. The van der Waals surface area contributed by atoms with E-state index in [2.05, 4.69) is 5.32 Å². The molecule has 1 unspecified atom stereocenters. The van der Waals surface area contributed by atoms with Gasteiger partial charge in [-0.1, -0.05) is 37.3 Å². The van der Waals surface area contributed by atoms with E-state index in [-0.39, 0.29) is 11.8 Å². The fourth-order valence-electron chi connectivity index (χ4n) is 4.57. The third kappa shape index (κ3) is 4.17. The molecule has 1 spiro atoms. The summed E-state index contributed by atoms with van der Waals surface area (Å²) in [5.41, 5.74) is 1.14. The molecule has 0 radical (unpaired) electrons. The van der Waals surface area contributed by atoms with Crippen LogP contribution in [0.2, 0.25) is 5.02 Å². The van der Waals surface area contributed by atoms with Crippen molar-refractivity contribution in [2.24, 2.45) is 11.3 Å². The fraction of sp³-hybridized carbons (Fsp3) is 0.600. The van der Waals surface area contributed by atoms with Crippen molar-refractivity contribution in [3.05, 3.63) is 28.8 Å². The van der Waals surface area contributed by atoms with Crippen molar-refractivity contribution < 1.29 is 14.3 Å². The summed E-state index contributed by atoms with van der Waals surface area (Å²) < 4.78 is 4.80. The van der Waals surface area contributed by atoms with Gasteiger partial charge in [0.25, 0.3) is 0 Å². The fourth-order valence-corrected chi connectivity index (χ4v) is 4.74. The van der Waals surface area contributed by atoms with Gasteiger partial charge in [0.1, 0.15) is 0 Å². The maximum Gasteiger partial charge on any atom is 0.340 e. The third-order valence-electron chi connectivity index (χ3n) is 5.87. The lowest BCUT2D eigenvalue weighted by Crippen LogP contribution is -2.36. The zero-order valence-corrected chi connectivity index (χ0v) is 15.5. The molecule has 1 N–H and O–H groups in total. The SMILES string of the molecule is COC(=O)c1cc(Cl)ccc1NC(=O)C1CCCC2(CCCCC2)C1. The molecule has 25 heavy (non-hydrogen) atoms. The lowest BCUT2D eigenvalue weighted by molar-refractivity contribution is -0.122. The van der Waals surface area contributed by atoms with E-state index in [1.165, 1.54) is 51.7 Å². The van der Waals surface area contributed by atoms with Crippen LogP contribution in [0.15, 0.2) is 18.2 Å². The second-order valence-corrected chi connectivity index (χ2v) is 7.96. The van der Waals surface area contributed by atoms with Gasteiger partial charge in [-0.2, -0.15) is 0 Å². The van der Waals surface area contributed by atoms with E-state index >= 15 is 0 Å². The molecule has 2 aliphatic carbocycles. The molecular formula is C20H26ClNO3. The van der Waals surface area contributed by atoms with Crippen LogP contribution in [-0.4, -0.2) is 19.0 Å². The average Bonchev–Trinajstić information content (AvgIpc) is 2.63. The normalized spacial score (nSPS) is 22.4. The predicted octanol–water partition coefficient (Wildman–Crippen LogP) is 5.21. The van der Waals surface area contributed by atoms with Crippen molar-refractivity contribution in [1.29, 1.82) is 0 Å². The number of amides is 1. The highest BCUT2D eigenvalue weighted by atomic mass is 35.5. The molecular weight excluding hydrogens is 338 g/mol. The Hall–Kier alpha value is -1.55. The van der Waals surface area contributed by atoms with Gasteiger partial charge >= 0.3 is 5.97 Å². The standard InChI is InChI=1S/C20H26ClNO3/c1-25-19(24)16-12-15(21)7-8-17(16)22-18(23)14-6-5-11-20(13-14)9-3-2-4-10-20/h7-8,12,14H,2-6,9-11,13H2,1H3,(H,22,23). The molecule has 2 aliphatic rings. The van der Waals surface area contributed by atoms with Crippen molar-refractivity contribution in [2.75, 3.05) is 12.4 Å². The lowest BCUT2D eigenvalue weighted by Gasteiger charge is -2.43. The molecule has 4 nitrogen and oxygen atoms in total. The summed E-state index contributed by atoms with van der Waals surface area (Å²) in [5, 5.41) is 3.39. The lowest BCUT2D eigenvalue weighted by atomic mass is 9.62. The van der Waals surface area contributed by atoms with E-state index in [1.54, 1.807) is 12.1 Å². The van der Waals surface area contributed by atoms with E-state index in [9.17, 15) is 9.59 Å². The molecule has 1 amide bonds. The molecule has 136 valence electrons. The van der Waals surface area contributed by atoms with Crippen molar-refractivity contribution in [3.63, 3.8) is 0 Å². The van der Waals surface area contributed by atoms with Gasteiger partial charge in [0.15, 0.2) is 0 Å². The number of esters is 1. The first-order valence-electron chi connectivity index (χ1n) is 9.22. The summed E-state index contributed by atoms with van der Waals surface area (Å²) in [6.07, 6.45) is 10.7. The van der Waals surface area contributed by atoms with Crippen molar-refractivity contribution in [2.45, 2.75) is 57.8 Å². The van der Waals surface area contributed by atoms with E-state index in [4.69, 9.17) is 16.3 Å². The number of hydrogen-bond donors (Lipinski definition) is 1. The Labute approximate surface area is 154 Å². The van der Waals surface area contributed by atoms with Gasteiger partial charge in [0.05, 0.1) is 18.4 Å². The van der Waals surface area contributed by atoms with Crippen LogP contribution >= 0.6 is 11.6 Å². The molecule has 1 atom stereocenters. The zero-order chi connectivity index (χ0) is 17.9. The molecule has 2 fully saturated rings. The Kier molecular flexibility index (Phi) is 5.67. The quantitative estimate of drug-likeness (QED) is 0.750. The Balaban J connectivity index is 1.73. The highest BCUT2D eigenvalue weighted by Gasteiger charge is 2.39. The zero-order valence-electron chi connectivity index (χ0n) is 14.8. The maximum absolute atomic E-state index is 12.8. The van der Waals surface area contributed by atoms with Crippen LogP contribution in [0.1, 0.15) is 68.1 Å². The van der Waals surface area contributed by atoms with Crippen LogP contribution in [0.3, 0.4) is 0 Å². The minimum atomic E-state index is -0.495. The van der Waals surface area contributed by atoms with Crippen LogP contribution in [0.25, 0.3) is 0 Å². The van der Waals surface area contributed by atoms with Crippen molar-refractivity contribution in [1.82, 2.24) is 0 Å². The van der Waals surface area contributed by atoms with E-state index in [0.29, 0.717) is 21.7 Å². The molecule has 0 bridgehead atoms. The topological polar surface area (TPSA) is 55.4 Å². The van der Waals surface area contributed by atoms with E-state index in [1.807, 2.05) is 0 Å². The largest absolute Gasteiger partial charge is 0.465 e. The molecule has 2 saturated carbocycles. The Morgan fingerprint density at radius 1 is 1.16 bits per heavy atom. The Morgan fingerprint density at radius 2 is 1.88 bits per heavy atom. The number of benzene rings is 1. The minimum absolute atomic E-state index is 0.0112. The number of methoxy groups -OCH3 is 1. The number of carbonyl (C=O) groups excluding carboxylic acids is 2. The molecule has 5 heteroatoms. The average molecular weight is 364 g/mol. The first kappa shape index (κ1) is 18.2. The summed E-state index contributed by atoms with van der Waals surface area (Å²) in [4.78, 5) is 24.8. The highest BCUT2D eigenvalue weighted by molar-refractivity contribution is 6.31. The Bertz CT molecular complexity index is 647. The Morgan fingerprint density at radius 3 is 2.60 bits per heavy atom. The van der Waals surface area contributed by atoms with Gasteiger partial charge in [-0.25, -0.2) is 4.79 Å². The van der Waals surface area contributed by atoms with Crippen LogP contribution in [0.5, 0.6) is 0 Å². The molecule has 0 heterocycles. The number of halogens is 1. The number of carbonyl (C=O) groups is 2. The first-order chi connectivity index (χ1) is 12.0. The van der Waals surface area contributed by atoms with Gasteiger partial charge < -0.3 is 10.1 Å². The summed E-state index contributed by atoms with van der Waals surface area (Å²) >= 11 is 5.98. The number of nitrogens with one attached hydrogen (secondary N) is 1. The number of anilines is 1. The van der Waals surface area contributed by atoms with E-state index in [0.717, 1.165) is 19.3 Å². The second kappa shape index (κ2) is 7.77. The van der Waals surface area contributed by atoms with Crippen molar-refractivity contribution >= 4 is 29.2 Å². The number of hydrogen-bond acceptors (Lipinski definition) is 3. The van der Waals surface area contributed by atoms with Crippen LogP contribution in [-0.2, 0) is 9.53 Å². The molecule has 1 aromatic rings. The minimum Gasteiger partial charge on any atom is -0.465 e. The van der Waals surface area contributed by atoms with Crippen LogP contribution in [0.4, 0.5) is 5.69 Å². The van der Waals surface area contributed by atoms with Gasteiger partial charge in [-0.05, 0) is 55.7 Å². The van der Waals surface area contributed by atoms with E-state index < -0.39 is 5.97 Å². The predicted molar refractivity (Wildman–Crippen MR) is 98.9 cm³/mol. The van der Waals surface area contributed by atoms with Crippen LogP contribution < -0.4 is 5.32 Å². The number of ether oxygens (including phenoxy) is 1. The molecule has 0 saturated heterocycles. The smallest absolute Gasteiger partial charge is 0.340 e. The van der Waals surface area contributed by atoms with Gasteiger partial charge in [-0.3, -0.25) is 4.79 Å². The summed E-state index contributed by atoms with van der Waals surface area (Å²) in [6.45, 7) is 0. The van der Waals surface area contributed by atoms with Gasteiger partial charge in [-0.15, -0.1) is 0 Å². The first-order valence-corrected chi connectivity index (χ1v) is 9.59.